The standard InChI is InChI=1S/C14H18N2O4/c17-11-14(5-1-2-6-14)12(18)16(13(19)15-11)9-7-8-3-4-10(9)20-8/h8-10H,1-7H2,(H,15,17,19). The monoisotopic (exact) mass is 278 g/mol. The highest BCUT2D eigenvalue weighted by Gasteiger charge is 2.58. The molecule has 3 atom stereocenters. The van der Waals surface area contributed by atoms with Crippen LogP contribution in [0.1, 0.15) is 44.9 Å². The first kappa shape index (κ1) is 12.3. The lowest BCUT2D eigenvalue weighted by molar-refractivity contribution is -0.153. The van der Waals surface area contributed by atoms with Gasteiger partial charge in [-0.2, -0.15) is 0 Å². The molecule has 6 nitrogen and oxygen atoms in total. The fraction of sp³-hybridized carbons (Fsp3) is 0.786. The van der Waals surface area contributed by atoms with Crippen molar-refractivity contribution < 1.29 is 19.1 Å². The Bertz CT molecular complexity index is 497. The Kier molecular flexibility index (Phi) is 2.49. The highest BCUT2D eigenvalue weighted by Crippen LogP contribution is 2.45. The van der Waals surface area contributed by atoms with Gasteiger partial charge in [0.2, 0.25) is 11.8 Å². The minimum absolute atomic E-state index is 0.0404. The van der Waals surface area contributed by atoms with Crippen LogP contribution >= 0.6 is 0 Å². The molecule has 1 saturated carbocycles. The lowest BCUT2D eigenvalue weighted by Crippen LogP contribution is -2.66. The van der Waals surface area contributed by atoms with E-state index in [0.29, 0.717) is 19.3 Å². The molecule has 3 saturated heterocycles. The van der Waals surface area contributed by atoms with Gasteiger partial charge in [-0.3, -0.25) is 19.8 Å². The van der Waals surface area contributed by atoms with E-state index in [1.807, 2.05) is 0 Å². The van der Waals surface area contributed by atoms with Crippen LogP contribution in [0.2, 0.25) is 0 Å². The number of carbonyl (C=O) groups excluding carboxylic acids is 3. The van der Waals surface area contributed by atoms with Crippen LogP contribution in [-0.2, 0) is 14.3 Å². The van der Waals surface area contributed by atoms with Crippen LogP contribution < -0.4 is 5.32 Å². The highest BCUT2D eigenvalue weighted by atomic mass is 16.5. The molecule has 1 spiro atoms. The number of hydrogen-bond donors (Lipinski definition) is 1. The Morgan fingerprint density at radius 3 is 2.50 bits per heavy atom. The zero-order valence-corrected chi connectivity index (χ0v) is 11.3. The molecule has 2 bridgehead atoms. The van der Waals surface area contributed by atoms with E-state index in [4.69, 9.17) is 4.74 Å². The van der Waals surface area contributed by atoms with Crippen LogP contribution in [0, 0.1) is 5.41 Å². The molecule has 0 aromatic rings. The fourth-order valence-corrected chi connectivity index (χ4v) is 4.30. The van der Waals surface area contributed by atoms with Crippen molar-refractivity contribution in [1.29, 1.82) is 0 Å². The lowest BCUT2D eigenvalue weighted by Gasteiger charge is -2.41. The van der Waals surface area contributed by atoms with Gasteiger partial charge in [-0.15, -0.1) is 0 Å². The predicted molar refractivity (Wildman–Crippen MR) is 67.6 cm³/mol. The van der Waals surface area contributed by atoms with Crippen LogP contribution in [0.25, 0.3) is 0 Å². The molecule has 0 aromatic heterocycles. The third-order valence-electron chi connectivity index (χ3n) is 5.36. The number of hydrogen-bond acceptors (Lipinski definition) is 4. The van der Waals surface area contributed by atoms with Crippen LogP contribution in [-0.4, -0.2) is 41.0 Å². The molecular weight excluding hydrogens is 260 g/mol. The molecule has 4 fully saturated rings. The van der Waals surface area contributed by atoms with Crippen LogP contribution in [0.4, 0.5) is 4.79 Å². The second-order valence-corrected chi connectivity index (χ2v) is 6.40. The van der Waals surface area contributed by atoms with Crippen molar-refractivity contribution in [1.82, 2.24) is 10.2 Å². The van der Waals surface area contributed by atoms with E-state index in [2.05, 4.69) is 5.32 Å². The second-order valence-electron chi connectivity index (χ2n) is 6.40. The first-order chi connectivity index (χ1) is 9.62. The Labute approximate surface area is 116 Å². The van der Waals surface area contributed by atoms with E-state index in [0.717, 1.165) is 25.7 Å². The minimum atomic E-state index is -0.990. The zero-order valence-electron chi connectivity index (χ0n) is 11.3. The molecule has 1 N–H and O–H groups in total. The Hall–Kier alpha value is -1.43. The average Bonchev–Trinajstić information content (AvgIpc) is 3.14. The number of imide groups is 2. The van der Waals surface area contributed by atoms with Crippen LogP contribution in [0.3, 0.4) is 0 Å². The number of fused-ring (bicyclic) bond motifs is 2. The maximum atomic E-state index is 12.8. The number of ether oxygens (including phenoxy) is 1. The van der Waals surface area contributed by atoms with Crippen molar-refractivity contribution in [2.24, 2.45) is 5.41 Å². The van der Waals surface area contributed by atoms with Crippen LogP contribution in [0.5, 0.6) is 0 Å². The van der Waals surface area contributed by atoms with Gasteiger partial charge in [-0.1, -0.05) is 12.8 Å². The van der Waals surface area contributed by atoms with Gasteiger partial charge in [-0.05, 0) is 32.1 Å². The molecule has 4 aliphatic rings. The van der Waals surface area contributed by atoms with Crippen molar-refractivity contribution >= 4 is 17.8 Å². The van der Waals surface area contributed by atoms with Gasteiger partial charge in [0.05, 0.1) is 18.2 Å². The summed E-state index contributed by atoms with van der Waals surface area (Å²) in [6.07, 6.45) is 5.61. The molecular formula is C14H18N2O4. The van der Waals surface area contributed by atoms with E-state index in [9.17, 15) is 14.4 Å². The summed E-state index contributed by atoms with van der Waals surface area (Å²) in [4.78, 5) is 38.4. The first-order valence-electron chi connectivity index (χ1n) is 7.46. The smallest absolute Gasteiger partial charge is 0.331 e. The van der Waals surface area contributed by atoms with Gasteiger partial charge in [-0.25, -0.2) is 4.79 Å². The summed E-state index contributed by atoms with van der Waals surface area (Å²) in [6.45, 7) is 0. The molecule has 0 aromatic carbocycles. The number of rotatable bonds is 1. The summed E-state index contributed by atoms with van der Waals surface area (Å²) >= 11 is 0. The van der Waals surface area contributed by atoms with E-state index in [-0.39, 0.29) is 24.2 Å². The second kappa shape index (κ2) is 4.04. The molecule has 3 aliphatic heterocycles. The van der Waals surface area contributed by atoms with Gasteiger partial charge in [0, 0.05) is 0 Å². The predicted octanol–water partition coefficient (Wildman–Crippen LogP) is 0.945. The minimum Gasteiger partial charge on any atom is -0.373 e. The van der Waals surface area contributed by atoms with Crippen molar-refractivity contribution in [2.75, 3.05) is 0 Å². The molecule has 4 rings (SSSR count). The molecule has 108 valence electrons. The maximum absolute atomic E-state index is 12.8. The van der Waals surface area contributed by atoms with Crippen LogP contribution in [0.15, 0.2) is 0 Å². The SMILES string of the molecule is O=C1NC(=O)C2(CCCC2)C(=O)N1C1CC2CCC1O2. The third-order valence-corrected chi connectivity index (χ3v) is 5.36. The number of urea groups is 1. The van der Waals surface area contributed by atoms with E-state index < -0.39 is 17.4 Å². The quantitative estimate of drug-likeness (QED) is 0.724. The topological polar surface area (TPSA) is 75.7 Å². The molecule has 3 unspecified atom stereocenters. The Balaban J connectivity index is 1.67. The average molecular weight is 278 g/mol. The number of amides is 4. The largest absolute Gasteiger partial charge is 0.373 e. The maximum Gasteiger partial charge on any atom is 0.331 e. The number of carbonyl (C=O) groups is 3. The first-order valence-corrected chi connectivity index (χ1v) is 7.46. The molecule has 6 heteroatoms. The van der Waals surface area contributed by atoms with Crippen molar-refractivity contribution in [3.63, 3.8) is 0 Å². The highest BCUT2D eigenvalue weighted by molar-refractivity contribution is 6.19. The van der Waals surface area contributed by atoms with E-state index in [1.165, 1.54) is 4.90 Å². The van der Waals surface area contributed by atoms with E-state index in [1.54, 1.807) is 0 Å². The molecule has 0 radical (unpaired) electrons. The summed E-state index contributed by atoms with van der Waals surface area (Å²) in [6, 6.07) is -0.745. The number of barbiturate groups is 1. The summed E-state index contributed by atoms with van der Waals surface area (Å²) in [5.41, 5.74) is -0.990. The van der Waals surface area contributed by atoms with Gasteiger partial charge in [0.25, 0.3) is 0 Å². The summed E-state index contributed by atoms with van der Waals surface area (Å²) < 4.78 is 5.75. The van der Waals surface area contributed by atoms with Crippen molar-refractivity contribution in [3.8, 4) is 0 Å². The number of nitrogens with zero attached hydrogens (tertiary/aromatic N) is 1. The lowest BCUT2D eigenvalue weighted by atomic mass is 9.80. The van der Waals surface area contributed by atoms with Gasteiger partial charge in [0.15, 0.2) is 0 Å². The van der Waals surface area contributed by atoms with Gasteiger partial charge >= 0.3 is 6.03 Å². The molecule has 3 heterocycles. The van der Waals surface area contributed by atoms with Crippen molar-refractivity contribution in [2.45, 2.75) is 63.2 Å². The Morgan fingerprint density at radius 2 is 1.90 bits per heavy atom. The third kappa shape index (κ3) is 1.45. The summed E-state index contributed by atoms with van der Waals surface area (Å²) in [5, 5.41) is 2.40. The summed E-state index contributed by atoms with van der Waals surface area (Å²) in [5.74, 6) is -0.685. The molecule has 1 aliphatic carbocycles. The van der Waals surface area contributed by atoms with Crippen molar-refractivity contribution in [3.05, 3.63) is 0 Å². The molecule has 20 heavy (non-hydrogen) atoms. The summed E-state index contributed by atoms with van der Waals surface area (Å²) in [7, 11) is 0. The zero-order chi connectivity index (χ0) is 13.9. The molecule has 4 amide bonds. The van der Waals surface area contributed by atoms with Gasteiger partial charge < -0.3 is 4.74 Å². The van der Waals surface area contributed by atoms with Gasteiger partial charge in [0.1, 0.15) is 5.41 Å². The normalized spacial score (nSPS) is 38.9. The number of nitrogens with one attached hydrogen (secondary N) is 1. The fourth-order valence-electron chi connectivity index (χ4n) is 4.30. The van der Waals surface area contributed by atoms with E-state index >= 15 is 0 Å². The Morgan fingerprint density at radius 1 is 1.15 bits per heavy atom.